The molecule has 1 heterocycles. The normalized spacial score (nSPS) is 12.1. The van der Waals surface area contributed by atoms with Crippen molar-refractivity contribution in [2.24, 2.45) is 5.73 Å². The number of nitriles is 1. The van der Waals surface area contributed by atoms with Gasteiger partial charge in [-0.3, -0.25) is 0 Å². The molecular weight excluding hydrogens is 241 g/mol. The van der Waals surface area contributed by atoms with Gasteiger partial charge in [0.25, 0.3) is 0 Å². The Morgan fingerprint density at radius 3 is 2.84 bits per heavy atom. The van der Waals surface area contributed by atoms with Gasteiger partial charge >= 0.3 is 0 Å². The monoisotopic (exact) mass is 257 g/mol. The van der Waals surface area contributed by atoms with Crippen LogP contribution in [0.15, 0.2) is 36.5 Å². The first-order valence-corrected chi connectivity index (χ1v) is 6.19. The molecule has 1 atom stereocenters. The van der Waals surface area contributed by atoms with Gasteiger partial charge in [-0.15, -0.1) is 0 Å². The van der Waals surface area contributed by atoms with E-state index in [4.69, 9.17) is 11.0 Å². The minimum atomic E-state index is -0.439. The van der Waals surface area contributed by atoms with E-state index in [9.17, 15) is 4.39 Å². The highest BCUT2D eigenvalue weighted by atomic mass is 19.1. The van der Waals surface area contributed by atoms with E-state index >= 15 is 0 Å². The van der Waals surface area contributed by atoms with Crippen molar-refractivity contribution < 1.29 is 4.39 Å². The van der Waals surface area contributed by atoms with Crippen LogP contribution in [0.5, 0.6) is 0 Å². The predicted molar refractivity (Wildman–Crippen MR) is 72.0 cm³/mol. The molecule has 19 heavy (non-hydrogen) atoms. The number of nitrogens with two attached hydrogens (primary N) is 1. The second kappa shape index (κ2) is 5.68. The van der Waals surface area contributed by atoms with E-state index in [2.05, 4.69) is 0 Å². The van der Waals surface area contributed by atoms with Gasteiger partial charge in [0.1, 0.15) is 11.9 Å². The highest BCUT2D eigenvalue weighted by molar-refractivity contribution is 5.35. The summed E-state index contributed by atoms with van der Waals surface area (Å²) in [5.41, 5.74) is 7.45. The summed E-state index contributed by atoms with van der Waals surface area (Å²) in [5, 5.41) is 8.83. The van der Waals surface area contributed by atoms with Crippen LogP contribution in [0.3, 0.4) is 0 Å². The highest BCUT2D eigenvalue weighted by Gasteiger charge is 2.10. The molecule has 1 aromatic heterocycles. The van der Waals surface area contributed by atoms with Crippen molar-refractivity contribution in [2.75, 3.05) is 0 Å². The molecule has 0 saturated heterocycles. The quantitative estimate of drug-likeness (QED) is 0.914. The van der Waals surface area contributed by atoms with Crippen molar-refractivity contribution in [1.29, 1.82) is 5.26 Å². The largest absolute Gasteiger partial charge is 0.347 e. The maximum atomic E-state index is 14.0. The molecule has 0 saturated carbocycles. The SMILES string of the molecule is CC(N)Cc1cccn1Cc1cccc(C#N)c1F. The second-order valence-corrected chi connectivity index (χ2v) is 4.70. The van der Waals surface area contributed by atoms with E-state index in [-0.39, 0.29) is 11.6 Å². The van der Waals surface area contributed by atoms with E-state index in [1.807, 2.05) is 35.9 Å². The lowest BCUT2D eigenvalue weighted by Crippen LogP contribution is -2.20. The van der Waals surface area contributed by atoms with Crippen molar-refractivity contribution in [3.63, 3.8) is 0 Å². The van der Waals surface area contributed by atoms with Crippen LogP contribution in [0.4, 0.5) is 4.39 Å². The van der Waals surface area contributed by atoms with Crippen LogP contribution in [-0.4, -0.2) is 10.6 Å². The highest BCUT2D eigenvalue weighted by Crippen LogP contribution is 2.15. The van der Waals surface area contributed by atoms with E-state index in [0.717, 1.165) is 12.1 Å². The molecule has 4 heteroatoms. The van der Waals surface area contributed by atoms with Gasteiger partial charge in [-0.1, -0.05) is 12.1 Å². The summed E-state index contributed by atoms with van der Waals surface area (Å²) in [6.07, 6.45) is 2.64. The van der Waals surface area contributed by atoms with Gasteiger partial charge in [0.2, 0.25) is 0 Å². The van der Waals surface area contributed by atoms with Crippen molar-refractivity contribution in [3.05, 3.63) is 59.2 Å². The first-order valence-electron chi connectivity index (χ1n) is 6.19. The average Bonchev–Trinajstić information content (AvgIpc) is 2.78. The van der Waals surface area contributed by atoms with Crippen LogP contribution in [0.25, 0.3) is 0 Å². The third kappa shape index (κ3) is 3.01. The van der Waals surface area contributed by atoms with Crippen LogP contribution in [-0.2, 0) is 13.0 Å². The van der Waals surface area contributed by atoms with Crippen LogP contribution in [0.1, 0.15) is 23.7 Å². The van der Waals surface area contributed by atoms with E-state index in [1.165, 1.54) is 6.07 Å². The molecule has 0 aliphatic carbocycles. The van der Waals surface area contributed by atoms with E-state index < -0.39 is 5.82 Å². The molecule has 0 amide bonds. The van der Waals surface area contributed by atoms with Gasteiger partial charge in [0, 0.05) is 29.9 Å². The summed E-state index contributed by atoms with van der Waals surface area (Å²) < 4.78 is 16.0. The zero-order valence-corrected chi connectivity index (χ0v) is 10.8. The molecular formula is C15H16FN3. The summed E-state index contributed by atoms with van der Waals surface area (Å²) in [5.74, 6) is -0.439. The van der Waals surface area contributed by atoms with Gasteiger partial charge in [-0.25, -0.2) is 4.39 Å². The maximum Gasteiger partial charge on any atom is 0.145 e. The Balaban J connectivity index is 2.27. The maximum absolute atomic E-state index is 14.0. The Bertz CT molecular complexity index is 608. The Hall–Kier alpha value is -2.12. The second-order valence-electron chi connectivity index (χ2n) is 4.70. The first-order chi connectivity index (χ1) is 9.11. The fourth-order valence-electron chi connectivity index (χ4n) is 2.09. The zero-order chi connectivity index (χ0) is 13.8. The molecule has 0 spiro atoms. The Morgan fingerprint density at radius 1 is 1.37 bits per heavy atom. The Kier molecular flexibility index (Phi) is 3.98. The fourth-order valence-corrected chi connectivity index (χ4v) is 2.09. The summed E-state index contributed by atoms with van der Waals surface area (Å²) in [4.78, 5) is 0. The molecule has 98 valence electrons. The molecule has 1 aromatic carbocycles. The summed E-state index contributed by atoms with van der Waals surface area (Å²) >= 11 is 0. The molecule has 0 bridgehead atoms. The number of benzene rings is 1. The Labute approximate surface area is 112 Å². The van der Waals surface area contributed by atoms with Crippen LogP contribution in [0, 0.1) is 17.1 Å². The van der Waals surface area contributed by atoms with Crippen LogP contribution in [0.2, 0.25) is 0 Å². The fraction of sp³-hybridized carbons (Fsp3) is 0.267. The molecule has 0 radical (unpaired) electrons. The van der Waals surface area contributed by atoms with Gasteiger partial charge in [0.05, 0.1) is 12.1 Å². The molecule has 1 unspecified atom stereocenters. The molecule has 3 nitrogen and oxygen atoms in total. The Morgan fingerprint density at radius 2 is 2.16 bits per heavy atom. The van der Waals surface area contributed by atoms with Gasteiger partial charge in [-0.2, -0.15) is 5.26 Å². The van der Waals surface area contributed by atoms with E-state index in [1.54, 1.807) is 12.1 Å². The minimum Gasteiger partial charge on any atom is -0.347 e. The third-order valence-corrected chi connectivity index (χ3v) is 2.99. The average molecular weight is 257 g/mol. The lowest BCUT2D eigenvalue weighted by atomic mass is 10.1. The van der Waals surface area contributed by atoms with Gasteiger partial charge in [0.15, 0.2) is 0 Å². The molecule has 0 fully saturated rings. The number of rotatable bonds is 4. The summed E-state index contributed by atoms with van der Waals surface area (Å²) in [6, 6.07) is 10.7. The lowest BCUT2D eigenvalue weighted by Gasteiger charge is -2.12. The lowest BCUT2D eigenvalue weighted by molar-refractivity contribution is 0.588. The first kappa shape index (κ1) is 13.3. The smallest absolute Gasteiger partial charge is 0.145 e. The molecule has 0 aliphatic rings. The van der Waals surface area contributed by atoms with Crippen molar-refractivity contribution in [1.82, 2.24) is 4.57 Å². The third-order valence-electron chi connectivity index (χ3n) is 2.99. The van der Waals surface area contributed by atoms with Gasteiger partial charge < -0.3 is 10.3 Å². The molecule has 2 N–H and O–H groups in total. The standard InChI is InChI=1S/C15H16FN3/c1-11(18)8-14-6-3-7-19(14)10-13-5-2-4-12(9-17)15(13)16/h2-7,11H,8,10,18H2,1H3. The van der Waals surface area contributed by atoms with Crippen molar-refractivity contribution in [3.8, 4) is 6.07 Å². The predicted octanol–water partition coefficient (Wildman–Crippen LogP) is 2.44. The van der Waals surface area contributed by atoms with Crippen LogP contribution < -0.4 is 5.73 Å². The van der Waals surface area contributed by atoms with E-state index in [0.29, 0.717) is 12.1 Å². The summed E-state index contributed by atoms with van der Waals surface area (Å²) in [6.45, 7) is 2.35. The van der Waals surface area contributed by atoms with Crippen LogP contribution >= 0.6 is 0 Å². The molecule has 0 aliphatic heterocycles. The minimum absolute atomic E-state index is 0.0592. The number of aromatic nitrogens is 1. The summed E-state index contributed by atoms with van der Waals surface area (Å²) in [7, 11) is 0. The number of nitrogens with zero attached hydrogens (tertiary/aromatic N) is 2. The zero-order valence-electron chi connectivity index (χ0n) is 10.8. The van der Waals surface area contributed by atoms with Crippen molar-refractivity contribution in [2.45, 2.75) is 25.9 Å². The number of hydrogen-bond acceptors (Lipinski definition) is 2. The van der Waals surface area contributed by atoms with Gasteiger partial charge in [-0.05, 0) is 25.1 Å². The number of hydrogen-bond donors (Lipinski definition) is 1. The topological polar surface area (TPSA) is 54.7 Å². The van der Waals surface area contributed by atoms with Crippen molar-refractivity contribution >= 4 is 0 Å². The molecule has 2 aromatic rings. The molecule has 2 rings (SSSR count). The number of halogens is 1.